The van der Waals surface area contributed by atoms with Crippen LogP contribution in [-0.4, -0.2) is 13.3 Å². The lowest BCUT2D eigenvalue weighted by molar-refractivity contribution is -0.136. The van der Waals surface area contributed by atoms with Gasteiger partial charge < -0.3 is 4.74 Å². The molecule has 0 aliphatic heterocycles. The van der Waals surface area contributed by atoms with Crippen LogP contribution in [-0.2, 0) is 6.18 Å². The SMILES string of the molecule is COc1cccc(/C=N\Nc2ccccc2C(F)(F)F)c1. The van der Waals surface area contributed by atoms with Crippen molar-refractivity contribution < 1.29 is 17.9 Å². The molecule has 2 aromatic rings. The Kier molecular flexibility index (Phi) is 4.47. The topological polar surface area (TPSA) is 33.6 Å². The maximum Gasteiger partial charge on any atom is 0.418 e. The highest BCUT2D eigenvalue weighted by atomic mass is 19.4. The van der Waals surface area contributed by atoms with Crippen molar-refractivity contribution in [3.63, 3.8) is 0 Å². The number of anilines is 1. The molecule has 0 bridgehead atoms. The lowest BCUT2D eigenvalue weighted by Gasteiger charge is -2.11. The first-order valence-electron chi connectivity index (χ1n) is 6.10. The van der Waals surface area contributed by atoms with Crippen LogP contribution in [0.1, 0.15) is 11.1 Å². The Hall–Kier alpha value is -2.50. The summed E-state index contributed by atoms with van der Waals surface area (Å²) in [6.45, 7) is 0. The Bertz CT molecular complexity index is 639. The van der Waals surface area contributed by atoms with Gasteiger partial charge in [-0.2, -0.15) is 18.3 Å². The lowest BCUT2D eigenvalue weighted by atomic mass is 10.2. The van der Waals surface area contributed by atoms with Crippen molar-refractivity contribution in [2.45, 2.75) is 6.18 Å². The van der Waals surface area contributed by atoms with Gasteiger partial charge >= 0.3 is 6.18 Å². The summed E-state index contributed by atoms with van der Waals surface area (Å²) >= 11 is 0. The van der Waals surface area contributed by atoms with Crippen LogP contribution in [0.4, 0.5) is 18.9 Å². The summed E-state index contributed by atoms with van der Waals surface area (Å²) in [6.07, 6.45) is -3.00. The van der Waals surface area contributed by atoms with Gasteiger partial charge in [-0.25, -0.2) is 0 Å². The molecule has 0 heterocycles. The first kappa shape index (κ1) is 14.9. The number of benzene rings is 2. The number of nitrogens with zero attached hydrogens (tertiary/aromatic N) is 1. The maximum atomic E-state index is 12.8. The van der Waals surface area contributed by atoms with E-state index in [1.807, 2.05) is 0 Å². The molecule has 1 N–H and O–H groups in total. The Morgan fingerprint density at radius 2 is 1.86 bits per heavy atom. The summed E-state index contributed by atoms with van der Waals surface area (Å²) in [7, 11) is 1.54. The number of hydrogen-bond acceptors (Lipinski definition) is 3. The molecule has 0 amide bonds. The van der Waals surface area contributed by atoms with Gasteiger partial charge in [0.2, 0.25) is 0 Å². The number of hydrogen-bond donors (Lipinski definition) is 1. The largest absolute Gasteiger partial charge is 0.497 e. The van der Waals surface area contributed by atoms with E-state index in [0.717, 1.165) is 6.07 Å². The smallest absolute Gasteiger partial charge is 0.418 e. The van der Waals surface area contributed by atoms with E-state index in [0.29, 0.717) is 11.3 Å². The molecule has 21 heavy (non-hydrogen) atoms. The van der Waals surface area contributed by atoms with Gasteiger partial charge in [-0.05, 0) is 29.8 Å². The van der Waals surface area contributed by atoms with Gasteiger partial charge in [0.1, 0.15) is 5.75 Å². The van der Waals surface area contributed by atoms with Crippen molar-refractivity contribution in [2.24, 2.45) is 5.10 Å². The zero-order valence-corrected chi connectivity index (χ0v) is 11.2. The van der Waals surface area contributed by atoms with Crippen LogP contribution in [0.15, 0.2) is 53.6 Å². The summed E-state index contributed by atoms with van der Waals surface area (Å²) in [4.78, 5) is 0. The molecule has 0 spiro atoms. The van der Waals surface area contributed by atoms with Crippen LogP contribution < -0.4 is 10.2 Å². The van der Waals surface area contributed by atoms with E-state index in [1.54, 1.807) is 24.3 Å². The third-order valence-corrected chi connectivity index (χ3v) is 2.72. The van der Waals surface area contributed by atoms with E-state index < -0.39 is 11.7 Å². The fraction of sp³-hybridized carbons (Fsp3) is 0.133. The van der Waals surface area contributed by atoms with Crippen LogP contribution in [0, 0.1) is 0 Å². The van der Waals surface area contributed by atoms with Gasteiger partial charge in [0.15, 0.2) is 0 Å². The molecule has 0 aromatic heterocycles. The molecule has 6 heteroatoms. The number of methoxy groups -OCH3 is 1. The Morgan fingerprint density at radius 3 is 2.57 bits per heavy atom. The molecule has 0 saturated carbocycles. The number of hydrazone groups is 1. The van der Waals surface area contributed by atoms with Crippen molar-refractivity contribution in [3.8, 4) is 5.75 Å². The predicted molar refractivity (Wildman–Crippen MR) is 75.7 cm³/mol. The maximum absolute atomic E-state index is 12.8. The van der Waals surface area contributed by atoms with Crippen molar-refractivity contribution in [1.29, 1.82) is 0 Å². The number of ether oxygens (including phenoxy) is 1. The number of rotatable bonds is 4. The predicted octanol–water partition coefficient (Wildman–Crippen LogP) is 4.16. The van der Waals surface area contributed by atoms with Crippen molar-refractivity contribution in [1.82, 2.24) is 0 Å². The monoisotopic (exact) mass is 294 g/mol. The first-order valence-corrected chi connectivity index (χ1v) is 6.10. The summed E-state index contributed by atoms with van der Waals surface area (Å²) in [5.74, 6) is 0.648. The molecule has 0 saturated heterocycles. The van der Waals surface area contributed by atoms with E-state index in [-0.39, 0.29) is 5.69 Å². The van der Waals surface area contributed by atoms with Crippen LogP contribution in [0.2, 0.25) is 0 Å². The molecule has 0 radical (unpaired) electrons. The minimum absolute atomic E-state index is 0.0934. The minimum Gasteiger partial charge on any atom is -0.497 e. The summed E-state index contributed by atoms with van der Waals surface area (Å²) in [5.41, 5.74) is 2.28. The molecular formula is C15H13F3N2O. The zero-order valence-electron chi connectivity index (χ0n) is 11.2. The Balaban J connectivity index is 2.14. The van der Waals surface area contributed by atoms with Gasteiger partial charge in [-0.1, -0.05) is 24.3 Å². The highest BCUT2D eigenvalue weighted by molar-refractivity contribution is 5.80. The number of halogens is 3. The molecule has 0 fully saturated rings. The number of nitrogens with one attached hydrogen (secondary N) is 1. The number of alkyl halides is 3. The minimum atomic E-state index is -4.42. The van der Waals surface area contributed by atoms with Crippen molar-refractivity contribution >= 4 is 11.9 Å². The van der Waals surface area contributed by atoms with Gasteiger partial charge in [-0.3, -0.25) is 5.43 Å². The van der Waals surface area contributed by atoms with Gasteiger partial charge in [0, 0.05) is 0 Å². The second kappa shape index (κ2) is 6.30. The number of para-hydroxylation sites is 1. The standard InChI is InChI=1S/C15H13F3N2O/c1-21-12-6-4-5-11(9-12)10-19-20-14-8-3-2-7-13(14)15(16,17)18/h2-10,20H,1H3/b19-10-. The third kappa shape index (κ3) is 3.98. The average molecular weight is 294 g/mol. The van der Waals surface area contributed by atoms with Crippen LogP contribution >= 0.6 is 0 Å². The fourth-order valence-electron chi connectivity index (χ4n) is 1.73. The third-order valence-electron chi connectivity index (χ3n) is 2.72. The molecule has 0 aliphatic carbocycles. The zero-order chi connectivity index (χ0) is 15.3. The quantitative estimate of drug-likeness (QED) is 0.678. The fourth-order valence-corrected chi connectivity index (χ4v) is 1.73. The van der Waals surface area contributed by atoms with E-state index in [9.17, 15) is 13.2 Å². The molecule has 3 nitrogen and oxygen atoms in total. The molecule has 0 aliphatic rings. The summed E-state index contributed by atoms with van der Waals surface area (Å²) in [5, 5.41) is 3.83. The van der Waals surface area contributed by atoms with Crippen molar-refractivity contribution in [3.05, 3.63) is 59.7 Å². The highest BCUT2D eigenvalue weighted by Crippen LogP contribution is 2.34. The highest BCUT2D eigenvalue weighted by Gasteiger charge is 2.33. The molecule has 2 rings (SSSR count). The molecular weight excluding hydrogens is 281 g/mol. The van der Waals surface area contributed by atoms with Crippen LogP contribution in [0.3, 0.4) is 0 Å². The van der Waals surface area contributed by atoms with E-state index in [1.165, 1.54) is 31.5 Å². The molecule has 110 valence electrons. The molecule has 2 aromatic carbocycles. The van der Waals surface area contributed by atoms with Crippen LogP contribution in [0.5, 0.6) is 5.75 Å². The van der Waals surface area contributed by atoms with Gasteiger partial charge in [0.05, 0.1) is 24.6 Å². The average Bonchev–Trinajstić information content (AvgIpc) is 2.47. The second-order valence-electron chi connectivity index (χ2n) is 4.19. The summed E-state index contributed by atoms with van der Waals surface area (Å²) in [6, 6.07) is 12.2. The van der Waals surface area contributed by atoms with Crippen molar-refractivity contribution in [2.75, 3.05) is 12.5 Å². The van der Waals surface area contributed by atoms with E-state index in [2.05, 4.69) is 10.5 Å². The van der Waals surface area contributed by atoms with Gasteiger partial charge in [0.25, 0.3) is 0 Å². The molecule has 0 unspecified atom stereocenters. The lowest BCUT2D eigenvalue weighted by Crippen LogP contribution is -2.08. The van der Waals surface area contributed by atoms with E-state index in [4.69, 9.17) is 4.74 Å². The second-order valence-corrected chi connectivity index (χ2v) is 4.19. The van der Waals surface area contributed by atoms with Crippen LogP contribution in [0.25, 0.3) is 0 Å². The summed E-state index contributed by atoms with van der Waals surface area (Å²) < 4.78 is 43.4. The Morgan fingerprint density at radius 1 is 1.10 bits per heavy atom. The first-order chi connectivity index (χ1) is 10.0. The normalized spacial score (nSPS) is 11.6. The van der Waals surface area contributed by atoms with E-state index >= 15 is 0 Å². The molecule has 0 atom stereocenters. The van der Waals surface area contributed by atoms with Gasteiger partial charge in [-0.15, -0.1) is 0 Å². The Labute approximate surface area is 120 Å².